The molecular weight excluding hydrogens is 172 g/mol. The Morgan fingerprint density at radius 1 is 0.643 bits per heavy atom. The van der Waals surface area contributed by atoms with E-state index >= 15 is 0 Å². The third-order valence-corrected chi connectivity index (χ3v) is 2.13. The molecule has 0 amide bonds. The van der Waals surface area contributed by atoms with Gasteiger partial charge in [0.05, 0.1) is 0 Å². The van der Waals surface area contributed by atoms with Gasteiger partial charge in [0.25, 0.3) is 0 Å². The zero-order valence-electron chi connectivity index (χ0n) is 7.77. The Labute approximate surface area is 83.2 Å². The minimum atomic E-state index is 0.776. The fraction of sp³-hybridized carbons (Fsp3) is 0. The van der Waals surface area contributed by atoms with Crippen molar-refractivity contribution in [3.05, 3.63) is 48.5 Å². The molecule has 0 fully saturated rings. The largest absolute Gasteiger partial charge is 0.399 e. The Kier molecular flexibility index (Phi) is 2.11. The molecule has 0 atom stereocenters. The van der Waals surface area contributed by atoms with Crippen LogP contribution in [0.4, 0.5) is 11.4 Å². The van der Waals surface area contributed by atoms with E-state index in [9.17, 15) is 0 Å². The molecule has 0 aliphatic heterocycles. The van der Waals surface area contributed by atoms with Gasteiger partial charge in [-0.05, 0) is 35.4 Å². The van der Waals surface area contributed by atoms with Gasteiger partial charge in [0.2, 0.25) is 0 Å². The second-order valence-electron chi connectivity index (χ2n) is 3.25. The zero-order valence-corrected chi connectivity index (χ0v) is 7.77. The van der Waals surface area contributed by atoms with E-state index in [1.807, 2.05) is 48.5 Å². The van der Waals surface area contributed by atoms with Crippen molar-refractivity contribution in [3.8, 4) is 11.1 Å². The predicted octanol–water partition coefficient (Wildman–Crippen LogP) is 2.52. The predicted molar refractivity (Wildman–Crippen MR) is 60.7 cm³/mol. The fourth-order valence-corrected chi connectivity index (χ4v) is 1.39. The van der Waals surface area contributed by atoms with Crippen LogP contribution in [0.2, 0.25) is 0 Å². The molecule has 0 spiro atoms. The van der Waals surface area contributed by atoms with Crippen molar-refractivity contribution >= 4 is 11.4 Å². The summed E-state index contributed by atoms with van der Waals surface area (Å²) < 4.78 is 0. The minimum absolute atomic E-state index is 0.776. The molecule has 2 aromatic carbocycles. The molecular formula is C12H12N2. The number of nitrogens with two attached hydrogens (primary N) is 2. The zero-order chi connectivity index (χ0) is 9.97. The van der Waals surface area contributed by atoms with E-state index in [0.29, 0.717) is 0 Å². The molecule has 14 heavy (non-hydrogen) atoms. The molecule has 0 saturated heterocycles. The lowest BCUT2D eigenvalue weighted by Crippen LogP contribution is -1.86. The Morgan fingerprint density at radius 2 is 1.36 bits per heavy atom. The summed E-state index contributed by atoms with van der Waals surface area (Å²) >= 11 is 0. The van der Waals surface area contributed by atoms with Gasteiger partial charge in [0.1, 0.15) is 0 Å². The molecule has 0 heterocycles. The van der Waals surface area contributed by atoms with Crippen LogP contribution in [0.1, 0.15) is 0 Å². The Hall–Kier alpha value is -1.96. The van der Waals surface area contributed by atoms with E-state index < -0.39 is 0 Å². The van der Waals surface area contributed by atoms with Crippen molar-refractivity contribution in [1.29, 1.82) is 0 Å². The van der Waals surface area contributed by atoms with Gasteiger partial charge in [0, 0.05) is 11.4 Å². The molecule has 70 valence electrons. The lowest BCUT2D eigenvalue weighted by molar-refractivity contribution is 1.61. The van der Waals surface area contributed by atoms with Gasteiger partial charge in [0.15, 0.2) is 0 Å². The van der Waals surface area contributed by atoms with Crippen molar-refractivity contribution in [2.24, 2.45) is 0 Å². The van der Waals surface area contributed by atoms with Crippen LogP contribution in [0.5, 0.6) is 0 Å². The smallest absolute Gasteiger partial charge is 0.0320 e. The van der Waals surface area contributed by atoms with E-state index in [1.165, 1.54) is 0 Å². The van der Waals surface area contributed by atoms with Gasteiger partial charge in [-0.25, -0.2) is 0 Å². The summed E-state index contributed by atoms with van der Waals surface area (Å²) in [6, 6.07) is 15.6. The number of benzene rings is 2. The van der Waals surface area contributed by atoms with Crippen LogP contribution in [0.25, 0.3) is 11.1 Å². The van der Waals surface area contributed by atoms with Gasteiger partial charge < -0.3 is 11.5 Å². The van der Waals surface area contributed by atoms with Gasteiger partial charge in [-0.2, -0.15) is 0 Å². The van der Waals surface area contributed by atoms with Crippen molar-refractivity contribution < 1.29 is 0 Å². The number of nitrogen functional groups attached to an aromatic ring is 2. The maximum absolute atomic E-state index is 5.70. The second-order valence-corrected chi connectivity index (χ2v) is 3.25. The number of rotatable bonds is 1. The quantitative estimate of drug-likeness (QED) is 0.669. The molecule has 0 unspecified atom stereocenters. The summed E-state index contributed by atoms with van der Waals surface area (Å²) in [7, 11) is 0. The van der Waals surface area contributed by atoms with Crippen molar-refractivity contribution in [1.82, 2.24) is 0 Å². The molecule has 0 bridgehead atoms. The third kappa shape index (κ3) is 1.69. The molecule has 4 N–H and O–H groups in total. The van der Waals surface area contributed by atoms with Crippen LogP contribution in [0.3, 0.4) is 0 Å². The van der Waals surface area contributed by atoms with Gasteiger partial charge in [-0.15, -0.1) is 0 Å². The van der Waals surface area contributed by atoms with E-state index in [4.69, 9.17) is 11.5 Å². The minimum Gasteiger partial charge on any atom is -0.399 e. The Bertz CT molecular complexity index is 432. The first-order valence-corrected chi connectivity index (χ1v) is 4.47. The maximum atomic E-state index is 5.70. The van der Waals surface area contributed by atoms with E-state index in [1.54, 1.807) is 0 Å². The molecule has 2 heteroatoms. The van der Waals surface area contributed by atoms with E-state index in [0.717, 1.165) is 22.5 Å². The first-order valence-electron chi connectivity index (χ1n) is 4.47. The lowest BCUT2D eigenvalue weighted by atomic mass is 10.1. The summed E-state index contributed by atoms with van der Waals surface area (Å²) in [5.41, 5.74) is 15.1. The Morgan fingerprint density at radius 3 is 2.00 bits per heavy atom. The monoisotopic (exact) mass is 184 g/mol. The normalized spacial score (nSPS) is 10.0. The standard InChI is InChI=1S/C12H12N2/c13-11-6-4-9(5-7-11)10-2-1-3-12(14)8-10/h1-8H,13-14H2. The maximum Gasteiger partial charge on any atom is 0.0320 e. The lowest BCUT2D eigenvalue weighted by Gasteiger charge is -2.02. The molecule has 0 aliphatic carbocycles. The van der Waals surface area contributed by atoms with Crippen LogP contribution in [-0.2, 0) is 0 Å². The number of hydrogen-bond acceptors (Lipinski definition) is 2. The first kappa shape index (κ1) is 8.63. The molecule has 0 aliphatic rings. The highest BCUT2D eigenvalue weighted by Gasteiger charge is 1.96. The van der Waals surface area contributed by atoms with Crippen molar-refractivity contribution in [2.75, 3.05) is 11.5 Å². The summed E-state index contributed by atoms with van der Waals surface area (Å²) in [5.74, 6) is 0. The topological polar surface area (TPSA) is 52.0 Å². The average molecular weight is 184 g/mol. The highest BCUT2D eigenvalue weighted by atomic mass is 14.5. The SMILES string of the molecule is Nc1ccc(-c2cccc(N)c2)cc1. The summed E-state index contributed by atoms with van der Waals surface area (Å²) in [6.07, 6.45) is 0. The average Bonchev–Trinajstić information content (AvgIpc) is 2.19. The van der Waals surface area contributed by atoms with E-state index in [-0.39, 0.29) is 0 Å². The fourth-order valence-electron chi connectivity index (χ4n) is 1.39. The second kappa shape index (κ2) is 3.42. The molecule has 0 radical (unpaired) electrons. The molecule has 2 aromatic rings. The van der Waals surface area contributed by atoms with Gasteiger partial charge >= 0.3 is 0 Å². The van der Waals surface area contributed by atoms with Crippen LogP contribution < -0.4 is 11.5 Å². The molecule has 0 saturated carbocycles. The van der Waals surface area contributed by atoms with Crippen LogP contribution in [0.15, 0.2) is 48.5 Å². The number of anilines is 2. The Balaban J connectivity index is 2.44. The summed E-state index contributed by atoms with van der Waals surface area (Å²) in [4.78, 5) is 0. The summed E-state index contributed by atoms with van der Waals surface area (Å²) in [5, 5.41) is 0. The first-order chi connectivity index (χ1) is 6.75. The molecule has 2 nitrogen and oxygen atoms in total. The summed E-state index contributed by atoms with van der Waals surface area (Å²) in [6.45, 7) is 0. The molecule has 0 aromatic heterocycles. The van der Waals surface area contributed by atoms with Gasteiger partial charge in [-0.3, -0.25) is 0 Å². The van der Waals surface area contributed by atoms with Crippen molar-refractivity contribution in [2.45, 2.75) is 0 Å². The number of hydrogen-bond donors (Lipinski definition) is 2. The molecule has 2 rings (SSSR count). The van der Waals surface area contributed by atoms with Crippen LogP contribution in [-0.4, -0.2) is 0 Å². The van der Waals surface area contributed by atoms with E-state index in [2.05, 4.69) is 0 Å². The van der Waals surface area contributed by atoms with Crippen LogP contribution in [0, 0.1) is 0 Å². The van der Waals surface area contributed by atoms with Crippen LogP contribution >= 0.6 is 0 Å². The highest BCUT2D eigenvalue weighted by Crippen LogP contribution is 2.22. The highest BCUT2D eigenvalue weighted by molar-refractivity contribution is 5.68. The third-order valence-electron chi connectivity index (χ3n) is 2.13. The van der Waals surface area contributed by atoms with Crippen molar-refractivity contribution in [3.63, 3.8) is 0 Å². The van der Waals surface area contributed by atoms with Gasteiger partial charge in [-0.1, -0.05) is 24.3 Å².